The van der Waals surface area contributed by atoms with E-state index in [-0.39, 0.29) is 0 Å². The van der Waals surface area contributed by atoms with Crippen molar-refractivity contribution in [1.82, 2.24) is 14.5 Å². The highest BCUT2D eigenvalue weighted by Gasteiger charge is 2.20. The van der Waals surface area contributed by atoms with Crippen molar-refractivity contribution in [3.05, 3.63) is 66.4 Å². The molecule has 4 N–H and O–H groups in total. The number of imidazole rings is 1. The summed E-state index contributed by atoms with van der Waals surface area (Å²) in [6, 6.07) is 18.2. The Kier molecular flexibility index (Phi) is 4.41. The molecule has 29 heavy (non-hydrogen) atoms. The Morgan fingerprint density at radius 3 is 2.52 bits per heavy atom. The van der Waals surface area contributed by atoms with Gasteiger partial charge in [-0.1, -0.05) is 6.07 Å². The van der Waals surface area contributed by atoms with Crippen LogP contribution in [0.3, 0.4) is 0 Å². The monoisotopic (exact) mass is 385 g/mol. The fourth-order valence-electron chi connectivity index (χ4n) is 4.05. The summed E-state index contributed by atoms with van der Waals surface area (Å²) in [6.07, 6.45) is 3.78. The summed E-state index contributed by atoms with van der Waals surface area (Å²) in [5.74, 6) is 1.75. The highest BCUT2D eigenvalue weighted by atomic mass is 16.5. The maximum Gasteiger partial charge on any atom is 0.149 e. The summed E-state index contributed by atoms with van der Waals surface area (Å²) in [5.41, 5.74) is 17.9. The maximum atomic E-state index is 6.19. The second kappa shape index (κ2) is 7.22. The van der Waals surface area contributed by atoms with Crippen molar-refractivity contribution in [3.8, 4) is 17.1 Å². The van der Waals surface area contributed by atoms with Crippen LogP contribution in [-0.4, -0.2) is 27.7 Å². The number of rotatable bonds is 3. The van der Waals surface area contributed by atoms with Gasteiger partial charge in [0, 0.05) is 30.8 Å². The van der Waals surface area contributed by atoms with Crippen molar-refractivity contribution in [2.75, 3.05) is 24.7 Å². The molecule has 6 heteroatoms. The minimum absolute atomic E-state index is 0.462. The van der Waals surface area contributed by atoms with E-state index >= 15 is 0 Å². The number of hydrogen-bond donors (Lipinski definition) is 2. The number of anilines is 2. The molecule has 1 aliphatic heterocycles. The molecule has 0 amide bonds. The number of fused-ring (bicyclic) bond motifs is 1. The number of pyridine rings is 1. The largest absolute Gasteiger partial charge is 0.399 e. The van der Waals surface area contributed by atoms with E-state index in [1.54, 1.807) is 6.20 Å². The lowest BCUT2D eigenvalue weighted by Gasteiger charge is -2.22. The van der Waals surface area contributed by atoms with Crippen LogP contribution in [0.5, 0.6) is 0 Å². The zero-order valence-corrected chi connectivity index (χ0v) is 16.1. The van der Waals surface area contributed by atoms with E-state index in [0.29, 0.717) is 11.7 Å². The standard InChI is InChI=1S/C23H23N5O/c24-17-4-6-18(7-5-17)28-21-14-16(15-9-12-29-13-10-15)3-8-20(21)27-23(28)19-2-1-11-26-22(19)25/h1-8,11,14-15H,9-10,12-13,24H2,(H2,25,26). The number of hydrogen-bond acceptors (Lipinski definition) is 5. The molecule has 3 heterocycles. The Balaban J connectivity index is 1.74. The number of nitrogen functional groups attached to an aromatic ring is 2. The molecular weight excluding hydrogens is 362 g/mol. The minimum atomic E-state index is 0.462. The molecule has 2 aromatic heterocycles. The smallest absolute Gasteiger partial charge is 0.149 e. The first kappa shape index (κ1) is 17.7. The first-order valence-corrected chi connectivity index (χ1v) is 9.87. The molecule has 1 aliphatic rings. The number of benzene rings is 2. The van der Waals surface area contributed by atoms with E-state index in [4.69, 9.17) is 21.2 Å². The first-order chi connectivity index (χ1) is 14.2. The van der Waals surface area contributed by atoms with E-state index in [2.05, 4.69) is 27.8 Å². The van der Waals surface area contributed by atoms with Gasteiger partial charge in [-0.3, -0.25) is 4.57 Å². The summed E-state index contributed by atoms with van der Waals surface area (Å²) in [7, 11) is 0. The minimum Gasteiger partial charge on any atom is -0.399 e. The fraction of sp³-hybridized carbons (Fsp3) is 0.217. The molecule has 0 atom stereocenters. The van der Waals surface area contributed by atoms with Crippen LogP contribution < -0.4 is 11.5 Å². The molecule has 0 aliphatic carbocycles. The van der Waals surface area contributed by atoms with Crippen molar-refractivity contribution in [2.45, 2.75) is 18.8 Å². The lowest BCUT2D eigenvalue weighted by Crippen LogP contribution is -2.14. The second-order valence-electron chi connectivity index (χ2n) is 7.43. The highest BCUT2D eigenvalue weighted by Crippen LogP contribution is 2.34. The van der Waals surface area contributed by atoms with Crippen LogP contribution in [-0.2, 0) is 4.74 Å². The zero-order valence-electron chi connectivity index (χ0n) is 16.1. The molecule has 146 valence electrons. The molecule has 0 spiro atoms. The first-order valence-electron chi connectivity index (χ1n) is 9.87. The Labute approximate surface area is 169 Å². The summed E-state index contributed by atoms with van der Waals surface area (Å²) < 4.78 is 7.68. The lowest BCUT2D eigenvalue weighted by molar-refractivity contribution is 0.0853. The van der Waals surface area contributed by atoms with Gasteiger partial charge in [0.05, 0.1) is 16.6 Å². The fourth-order valence-corrected chi connectivity index (χ4v) is 4.05. The third-order valence-corrected chi connectivity index (χ3v) is 5.60. The third kappa shape index (κ3) is 3.21. The molecule has 0 bridgehead atoms. The average Bonchev–Trinajstić information content (AvgIpc) is 3.14. The van der Waals surface area contributed by atoms with Crippen LogP contribution in [0.25, 0.3) is 28.1 Å². The SMILES string of the molecule is Nc1ccc(-n2c(-c3cccnc3N)nc3ccc(C4CCOCC4)cc32)cc1. The predicted molar refractivity (Wildman–Crippen MR) is 116 cm³/mol. The molecule has 6 nitrogen and oxygen atoms in total. The van der Waals surface area contributed by atoms with Crippen LogP contribution in [0.15, 0.2) is 60.8 Å². The molecule has 0 saturated carbocycles. The van der Waals surface area contributed by atoms with Crippen LogP contribution in [0.1, 0.15) is 24.3 Å². The zero-order chi connectivity index (χ0) is 19.8. The summed E-state index contributed by atoms with van der Waals surface area (Å²) in [5, 5.41) is 0. The second-order valence-corrected chi connectivity index (χ2v) is 7.43. The molecule has 0 radical (unpaired) electrons. The van der Waals surface area contributed by atoms with Crippen LogP contribution in [0, 0.1) is 0 Å². The number of ether oxygens (including phenoxy) is 1. The van der Waals surface area contributed by atoms with Gasteiger partial charge in [0.2, 0.25) is 0 Å². The third-order valence-electron chi connectivity index (χ3n) is 5.60. The Bertz CT molecular complexity index is 1160. The Morgan fingerprint density at radius 2 is 1.76 bits per heavy atom. The molecule has 1 saturated heterocycles. The summed E-state index contributed by atoms with van der Waals surface area (Å²) >= 11 is 0. The van der Waals surface area contributed by atoms with Crippen molar-refractivity contribution in [2.24, 2.45) is 0 Å². The number of aromatic nitrogens is 3. The van der Waals surface area contributed by atoms with E-state index in [1.165, 1.54) is 5.56 Å². The summed E-state index contributed by atoms with van der Waals surface area (Å²) in [4.78, 5) is 9.17. The lowest BCUT2D eigenvalue weighted by atomic mass is 9.91. The van der Waals surface area contributed by atoms with Crippen molar-refractivity contribution >= 4 is 22.5 Å². The Morgan fingerprint density at radius 1 is 0.966 bits per heavy atom. The van der Waals surface area contributed by atoms with Crippen molar-refractivity contribution in [1.29, 1.82) is 0 Å². The Hall–Kier alpha value is -3.38. The normalized spacial score (nSPS) is 15.0. The number of nitrogens with zero attached hydrogens (tertiary/aromatic N) is 3. The summed E-state index contributed by atoms with van der Waals surface area (Å²) in [6.45, 7) is 1.63. The van der Waals surface area contributed by atoms with E-state index in [9.17, 15) is 0 Å². The predicted octanol–water partition coefficient (Wildman–Crippen LogP) is 4.15. The van der Waals surface area contributed by atoms with Crippen molar-refractivity contribution < 1.29 is 4.74 Å². The molecular formula is C23H23N5O. The van der Waals surface area contributed by atoms with Crippen molar-refractivity contribution in [3.63, 3.8) is 0 Å². The van der Waals surface area contributed by atoms with E-state index in [1.807, 2.05) is 36.4 Å². The van der Waals surface area contributed by atoms with Crippen LogP contribution in [0.4, 0.5) is 11.5 Å². The van der Waals surface area contributed by atoms with Gasteiger partial charge >= 0.3 is 0 Å². The molecule has 4 aromatic rings. The van der Waals surface area contributed by atoms with E-state index < -0.39 is 0 Å². The molecule has 0 unspecified atom stereocenters. The average molecular weight is 385 g/mol. The maximum absolute atomic E-state index is 6.19. The van der Waals surface area contributed by atoms with Crippen LogP contribution >= 0.6 is 0 Å². The van der Waals surface area contributed by atoms with Gasteiger partial charge in [-0.15, -0.1) is 0 Å². The molecule has 1 fully saturated rings. The number of nitrogens with two attached hydrogens (primary N) is 2. The quantitative estimate of drug-likeness (QED) is 0.517. The van der Waals surface area contributed by atoms with Gasteiger partial charge in [0.1, 0.15) is 11.6 Å². The van der Waals surface area contributed by atoms with Gasteiger partial charge < -0.3 is 16.2 Å². The van der Waals surface area contributed by atoms with Gasteiger partial charge in [-0.05, 0) is 72.9 Å². The van der Waals surface area contributed by atoms with Gasteiger partial charge in [-0.25, -0.2) is 9.97 Å². The topological polar surface area (TPSA) is 92.0 Å². The van der Waals surface area contributed by atoms with Crippen LogP contribution in [0.2, 0.25) is 0 Å². The van der Waals surface area contributed by atoms with Gasteiger partial charge in [0.15, 0.2) is 0 Å². The van der Waals surface area contributed by atoms with E-state index in [0.717, 1.165) is 59.9 Å². The molecule has 5 rings (SSSR count). The van der Waals surface area contributed by atoms with Gasteiger partial charge in [0.25, 0.3) is 0 Å². The van der Waals surface area contributed by atoms with Gasteiger partial charge in [-0.2, -0.15) is 0 Å². The molecule has 2 aromatic carbocycles. The highest BCUT2D eigenvalue weighted by molar-refractivity contribution is 5.86.